The fourth-order valence-corrected chi connectivity index (χ4v) is 5.18. The van der Waals surface area contributed by atoms with Crippen LogP contribution in [0, 0.1) is 11.8 Å². The number of hydrogen-bond donors (Lipinski definition) is 2. The van der Waals surface area contributed by atoms with Gasteiger partial charge in [-0.15, -0.1) is 0 Å². The summed E-state index contributed by atoms with van der Waals surface area (Å²) in [6.45, 7) is 5.57. The van der Waals surface area contributed by atoms with Gasteiger partial charge in [0.15, 0.2) is 0 Å². The summed E-state index contributed by atoms with van der Waals surface area (Å²) < 4.78 is 0. The summed E-state index contributed by atoms with van der Waals surface area (Å²) in [7, 11) is 0. The first kappa shape index (κ1) is 22.2. The van der Waals surface area contributed by atoms with Crippen molar-refractivity contribution in [2.45, 2.75) is 32.2 Å². The normalized spacial score (nSPS) is 20.3. The Morgan fingerprint density at radius 3 is 2.64 bits per heavy atom. The number of benzene rings is 2. The molecule has 2 N–H and O–H groups in total. The van der Waals surface area contributed by atoms with Crippen LogP contribution in [0.1, 0.15) is 31.2 Å². The molecule has 1 atom stereocenters. The van der Waals surface area contributed by atoms with Gasteiger partial charge in [-0.05, 0) is 74.5 Å². The zero-order valence-electron chi connectivity index (χ0n) is 19.0. The second-order valence-electron chi connectivity index (χ2n) is 9.45. The number of para-hydroxylation sites is 2. The number of carbonyl (C=O) groups excluding carboxylic acids is 1. The Morgan fingerprint density at radius 2 is 1.85 bits per heavy atom. The topological polar surface area (TPSA) is 64.3 Å². The third-order valence-electron chi connectivity index (χ3n) is 7.06. The van der Waals surface area contributed by atoms with E-state index >= 15 is 0 Å². The van der Waals surface area contributed by atoms with Gasteiger partial charge in [-0.3, -0.25) is 9.69 Å². The molecule has 3 aromatic rings. The highest BCUT2D eigenvalue weighted by Gasteiger charge is 2.28. The molecule has 0 radical (unpaired) electrons. The molecular weight excluding hydrogens is 434 g/mol. The van der Waals surface area contributed by atoms with Crippen molar-refractivity contribution in [1.82, 2.24) is 20.2 Å². The number of anilines is 1. The molecule has 33 heavy (non-hydrogen) atoms. The summed E-state index contributed by atoms with van der Waals surface area (Å²) in [6.07, 6.45) is 4.22. The van der Waals surface area contributed by atoms with Crippen molar-refractivity contribution >= 4 is 34.5 Å². The summed E-state index contributed by atoms with van der Waals surface area (Å²) in [4.78, 5) is 25.8. The molecule has 0 spiro atoms. The minimum atomic E-state index is 0.0250. The summed E-state index contributed by atoms with van der Waals surface area (Å²) >= 11 is 5.99. The van der Waals surface area contributed by atoms with Gasteiger partial charge in [0, 0.05) is 31.2 Å². The van der Waals surface area contributed by atoms with Crippen molar-refractivity contribution in [3.8, 4) is 0 Å². The number of hydrogen-bond acceptors (Lipinski definition) is 4. The average molecular weight is 466 g/mol. The molecule has 0 aliphatic carbocycles. The van der Waals surface area contributed by atoms with Crippen LogP contribution in [-0.2, 0) is 11.3 Å². The number of rotatable bonds is 6. The van der Waals surface area contributed by atoms with Gasteiger partial charge in [0.2, 0.25) is 11.9 Å². The molecule has 1 amide bonds. The lowest BCUT2D eigenvalue weighted by atomic mass is 9.94. The first-order valence-corrected chi connectivity index (χ1v) is 12.5. The standard InChI is InChI=1S/C26H32ClN5O/c27-22-9-7-20(8-10-22)17-31-14-11-19(12-15-31)16-28-25(33)21-4-3-13-32(18-21)26-29-23-5-1-2-6-24(23)30-26/h1-2,5-10,19,21H,3-4,11-18H2,(H,28,33)(H,29,30)/t21-/m1/s1. The van der Waals surface area contributed by atoms with Gasteiger partial charge in [-0.1, -0.05) is 35.9 Å². The molecule has 7 heteroatoms. The fourth-order valence-electron chi connectivity index (χ4n) is 5.06. The maximum absolute atomic E-state index is 12.9. The van der Waals surface area contributed by atoms with Crippen LogP contribution < -0.4 is 10.2 Å². The molecule has 2 aliphatic rings. The van der Waals surface area contributed by atoms with Crippen LogP contribution in [0.5, 0.6) is 0 Å². The molecule has 2 aliphatic heterocycles. The van der Waals surface area contributed by atoms with Gasteiger partial charge in [0.1, 0.15) is 0 Å². The van der Waals surface area contributed by atoms with E-state index in [-0.39, 0.29) is 11.8 Å². The van der Waals surface area contributed by atoms with E-state index < -0.39 is 0 Å². The number of nitrogens with one attached hydrogen (secondary N) is 2. The minimum absolute atomic E-state index is 0.0250. The highest BCUT2D eigenvalue weighted by Crippen LogP contribution is 2.24. The molecule has 0 bridgehead atoms. The third kappa shape index (κ3) is 5.50. The summed E-state index contributed by atoms with van der Waals surface area (Å²) in [5.41, 5.74) is 3.32. The summed E-state index contributed by atoms with van der Waals surface area (Å²) in [5.74, 6) is 1.66. The molecule has 6 nitrogen and oxygen atoms in total. The van der Waals surface area contributed by atoms with E-state index in [9.17, 15) is 4.79 Å². The molecule has 2 saturated heterocycles. The van der Waals surface area contributed by atoms with Gasteiger partial charge in [0.25, 0.3) is 0 Å². The van der Waals surface area contributed by atoms with Crippen LogP contribution in [-0.4, -0.2) is 53.5 Å². The SMILES string of the molecule is O=C(NCC1CCN(Cc2ccc(Cl)cc2)CC1)[C@@H]1CCCN(c2nc3ccccc3[nH]2)C1. The lowest BCUT2D eigenvalue weighted by Gasteiger charge is -2.34. The van der Waals surface area contributed by atoms with E-state index in [1.54, 1.807) is 0 Å². The number of carbonyl (C=O) groups is 1. The maximum atomic E-state index is 12.9. The largest absolute Gasteiger partial charge is 0.356 e. The molecule has 5 rings (SSSR count). The lowest BCUT2D eigenvalue weighted by Crippen LogP contribution is -2.45. The molecule has 0 saturated carbocycles. The molecule has 1 aromatic heterocycles. The number of imidazole rings is 1. The molecule has 2 aromatic carbocycles. The second-order valence-corrected chi connectivity index (χ2v) is 9.89. The van der Waals surface area contributed by atoms with Gasteiger partial charge in [-0.25, -0.2) is 4.98 Å². The number of nitrogens with zero attached hydrogens (tertiary/aromatic N) is 3. The van der Waals surface area contributed by atoms with Crippen LogP contribution in [0.3, 0.4) is 0 Å². The third-order valence-corrected chi connectivity index (χ3v) is 7.31. The molecule has 3 heterocycles. The Kier molecular flexibility index (Phi) is 6.83. The zero-order valence-corrected chi connectivity index (χ0v) is 19.7. The fraction of sp³-hybridized carbons (Fsp3) is 0.462. The Morgan fingerprint density at radius 1 is 1.06 bits per heavy atom. The van der Waals surface area contributed by atoms with Crippen molar-refractivity contribution in [1.29, 1.82) is 0 Å². The van der Waals surface area contributed by atoms with E-state index in [4.69, 9.17) is 16.6 Å². The first-order valence-electron chi connectivity index (χ1n) is 12.1. The first-order chi connectivity index (χ1) is 16.1. The Hall–Kier alpha value is -2.57. The Labute approximate surface area is 200 Å². The Bertz CT molecular complexity index is 1040. The van der Waals surface area contributed by atoms with E-state index in [1.165, 1.54) is 5.56 Å². The van der Waals surface area contributed by atoms with Crippen LogP contribution in [0.15, 0.2) is 48.5 Å². The van der Waals surface area contributed by atoms with Crippen molar-refractivity contribution in [2.75, 3.05) is 37.6 Å². The minimum Gasteiger partial charge on any atom is -0.356 e. The predicted molar refractivity (Wildman–Crippen MR) is 133 cm³/mol. The van der Waals surface area contributed by atoms with E-state index in [0.717, 1.165) is 87.0 Å². The Balaban J connectivity index is 1.07. The van der Waals surface area contributed by atoms with Crippen molar-refractivity contribution in [3.05, 3.63) is 59.1 Å². The van der Waals surface area contributed by atoms with Gasteiger partial charge in [-0.2, -0.15) is 0 Å². The smallest absolute Gasteiger partial charge is 0.224 e. The quantitative estimate of drug-likeness (QED) is 0.564. The molecule has 174 valence electrons. The highest BCUT2D eigenvalue weighted by molar-refractivity contribution is 6.30. The number of amides is 1. The van der Waals surface area contributed by atoms with Gasteiger partial charge in [0.05, 0.1) is 17.0 Å². The number of piperidine rings is 2. The zero-order chi connectivity index (χ0) is 22.6. The highest BCUT2D eigenvalue weighted by atomic mass is 35.5. The van der Waals surface area contributed by atoms with Crippen molar-refractivity contribution in [2.24, 2.45) is 11.8 Å². The summed E-state index contributed by atoms with van der Waals surface area (Å²) in [6, 6.07) is 16.2. The van der Waals surface area contributed by atoms with Crippen molar-refractivity contribution < 1.29 is 4.79 Å². The lowest BCUT2D eigenvalue weighted by molar-refractivity contribution is -0.125. The van der Waals surface area contributed by atoms with Gasteiger partial charge >= 0.3 is 0 Å². The van der Waals surface area contributed by atoms with Crippen LogP contribution in [0.4, 0.5) is 5.95 Å². The van der Waals surface area contributed by atoms with Crippen molar-refractivity contribution in [3.63, 3.8) is 0 Å². The van der Waals surface area contributed by atoms with Crippen LogP contribution in [0.2, 0.25) is 5.02 Å². The number of fused-ring (bicyclic) bond motifs is 1. The van der Waals surface area contributed by atoms with Gasteiger partial charge < -0.3 is 15.2 Å². The molecular formula is C26H32ClN5O. The number of aromatic nitrogens is 2. The average Bonchev–Trinajstić information content (AvgIpc) is 3.29. The van der Waals surface area contributed by atoms with Crippen LogP contribution in [0.25, 0.3) is 11.0 Å². The molecule has 0 unspecified atom stereocenters. The number of likely N-dealkylation sites (tertiary alicyclic amines) is 1. The predicted octanol–water partition coefficient (Wildman–Crippen LogP) is 4.46. The molecule has 2 fully saturated rings. The number of H-pyrrole nitrogens is 1. The van der Waals surface area contributed by atoms with E-state index in [1.807, 2.05) is 36.4 Å². The number of aromatic amines is 1. The summed E-state index contributed by atoms with van der Waals surface area (Å²) in [5, 5.41) is 4.05. The van der Waals surface area contributed by atoms with Crippen LogP contribution >= 0.6 is 11.6 Å². The van der Waals surface area contributed by atoms with E-state index in [2.05, 4.69) is 32.2 Å². The second kappa shape index (κ2) is 10.1. The maximum Gasteiger partial charge on any atom is 0.224 e. The monoisotopic (exact) mass is 465 g/mol. The number of halogens is 1. The van der Waals surface area contributed by atoms with E-state index in [0.29, 0.717) is 5.92 Å².